The third kappa shape index (κ3) is 1.73. The third-order valence-corrected chi connectivity index (χ3v) is 1.75. The van der Waals surface area contributed by atoms with E-state index >= 15 is 0 Å². The summed E-state index contributed by atoms with van der Waals surface area (Å²) >= 11 is 0. The predicted octanol–water partition coefficient (Wildman–Crippen LogP) is 3.18. The van der Waals surface area contributed by atoms with Gasteiger partial charge in [-0.25, -0.2) is 8.78 Å². The lowest BCUT2D eigenvalue weighted by Gasteiger charge is -1.92. The molecule has 0 atom stereocenters. The molecule has 0 saturated heterocycles. The van der Waals surface area contributed by atoms with Gasteiger partial charge >= 0.3 is 0 Å². The van der Waals surface area contributed by atoms with E-state index in [1.54, 1.807) is 6.92 Å². The SMILES string of the molecule is CC.Cc1[nH]nc2cc(F)cc(F)c12. The summed E-state index contributed by atoms with van der Waals surface area (Å²) in [5.74, 6) is -1.18. The van der Waals surface area contributed by atoms with Gasteiger partial charge in [-0.3, -0.25) is 5.10 Å². The van der Waals surface area contributed by atoms with Crippen LogP contribution in [0, 0.1) is 18.6 Å². The van der Waals surface area contributed by atoms with Crippen LogP contribution >= 0.6 is 0 Å². The maximum Gasteiger partial charge on any atom is 0.137 e. The second-order valence-electron chi connectivity index (χ2n) is 2.63. The molecule has 0 aliphatic rings. The molecule has 0 radical (unpaired) electrons. The quantitative estimate of drug-likeness (QED) is 0.692. The van der Waals surface area contributed by atoms with Crippen molar-refractivity contribution in [1.82, 2.24) is 10.2 Å². The molecule has 2 aromatic rings. The molecule has 1 N–H and O–H groups in total. The van der Waals surface area contributed by atoms with Gasteiger partial charge in [0.05, 0.1) is 10.9 Å². The molecule has 0 unspecified atom stereocenters. The summed E-state index contributed by atoms with van der Waals surface area (Å²) in [4.78, 5) is 0. The van der Waals surface area contributed by atoms with Crippen molar-refractivity contribution in [2.45, 2.75) is 20.8 Å². The van der Waals surface area contributed by atoms with Gasteiger partial charge in [-0.1, -0.05) is 13.8 Å². The van der Waals surface area contributed by atoms with Crippen molar-refractivity contribution in [3.63, 3.8) is 0 Å². The second-order valence-corrected chi connectivity index (χ2v) is 2.63. The van der Waals surface area contributed by atoms with Crippen LogP contribution in [0.25, 0.3) is 10.9 Å². The van der Waals surface area contributed by atoms with Crippen LogP contribution in [-0.2, 0) is 0 Å². The number of aryl methyl sites for hydroxylation is 1. The summed E-state index contributed by atoms with van der Waals surface area (Å²) in [5, 5.41) is 6.68. The maximum absolute atomic E-state index is 13.0. The van der Waals surface area contributed by atoms with Crippen LogP contribution in [0.5, 0.6) is 0 Å². The normalized spacial score (nSPS) is 9.79. The minimum atomic E-state index is -0.605. The number of halogens is 2. The van der Waals surface area contributed by atoms with E-state index in [9.17, 15) is 8.78 Å². The molecule has 0 aliphatic heterocycles. The Hall–Kier alpha value is -1.45. The lowest BCUT2D eigenvalue weighted by atomic mass is 10.2. The van der Waals surface area contributed by atoms with Gasteiger partial charge in [0.15, 0.2) is 0 Å². The Labute approximate surface area is 80.9 Å². The molecule has 1 aromatic carbocycles. The molecular formula is C10H12F2N2. The first kappa shape index (κ1) is 10.6. The van der Waals surface area contributed by atoms with E-state index in [0.29, 0.717) is 16.6 Å². The van der Waals surface area contributed by atoms with E-state index in [-0.39, 0.29) is 0 Å². The Bertz CT molecular complexity index is 435. The Morgan fingerprint density at radius 3 is 2.50 bits per heavy atom. The molecule has 2 rings (SSSR count). The highest BCUT2D eigenvalue weighted by Gasteiger charge is 2.08. The Kier molecular flexibility index (Phi) is 3.17. The molecule has 0 spiro atoms. The molecule has 0 fully saturated rings. The molecule has 0 saturated carbocycles. The average Bonchev–Trinajstić information content (AvgIpc) is 2.51. The van der Waals surface area contributed by atoms with Gasteiger partial charge in [-0.05, 0) is 6.92 Å². The number of nitrogens with one attached hydrogen (secondary N) is 1. The van der Waals surface area contributed by atoms with Crippen molar-refractivity contribution in [3.05, 3.63) is 29.5 Å². The van der Waals surface area contributed by atoms with Crippen LogP contribution in [0.1, 0.15) is 19.5 Å². The summed E-state index contributed by atoms with van der Waals surface area (Å²) in [6.07, 6.45) is 0. The molecule has 0 amide bonds. The van der Waals surface area contributed by atoms with Crippen molar-refractivity contribution in [3.8, 4) is 0 Å². The smallest absolute Gasteiger partial charge is 0.137 e. The lowest BCUT2D eigenvalue weighted by Crippen LogP contribution is -1.81. The molecule has 1 heterocycles. The van der Waals surface area contributed by atoms with Crippen molar-refractivity contribution in [1.29, 1.82) is 0 Å². The first-order valence-corrected chi connectivity index (χ1v) is 4.48. The molecular weight excluding hydrogens is 186 g/mol. The number of H-pyrrole nitrogens is 1. The number of benzene rings is 1. The second kappa shape index (κ2) is 4.17. The van der Waals surface area contributed by atoms with E-state index in [1.807, 2.05) is 13.8 Å². The summed E-state index contributed by atoms with van der Waals surface area (Å²) in [7, 11) is 0. The van der Waals surface area contributed by atoms with Crippen LogP contribution in [0.15, 0.2) is 12.1 Å². The van der Waals surface area contributed by atoms with Crippen LogP contribution < -0.4 is 0 Å². The van der Waals surface area contributed by atoms with Gasteiger partial charge in [0, 0.05) is 17.8 Å². The van der Waals surface area contributed by atoms with Gasteiger partial charge in [-0.2, -0.15) is 5.10 Å². The van der Waals surface area contributed by atoms with Gasteiger partial charge in [0.2, 0.25) is 0 Å². The minimum absolute atomic E-state index is 0.324. The zero-order chi connectivity index (χ0) is 10.7. The Morgan fingerprint density at radius 1 is 1.21 bits per heavy atom. The van der Waals surface area contributed by atoms with Gasteiger partial charge in [-0.15, -0.1) is 0 Å². The summed E-state index contributed by atoms with van der Waals surface area (Å²) in [5.41, 5.74) is 0.938. The maximum atomic E-state index is 13.0. The fraction of sp³-hybridized carbons (Fsp3) is 0.300. The van der Waals surface area contributed by atoms with Gasteiger partial charge in [0.25, 0.3) is 0 Å². The predicted molar refractivity (Wildman–Crippen MR) is 52.1 cm³/mol. The third-order valence-electron chi connectivity index (χ3n) is 1.75. The number of hydrogen-bond donors (Lipinski definition) is 1. The first-order valence-electron chi connectivity index (χ1n) is 4.48. The number of aromatic amines is 1. The van der Waals surface area contributed by atoms with E-state index < -0.39 is 11.6 Å². The van der Waals surface area contributed by atoms with Crippen molar-refractivity contribution >= 4 is 10.9 Å². The molecule has 1 aromatic heterocycles. The molecule has 4 heteroatoms. The number of aromatic nitrogens is 2. The van der Waals surface area contributed by atoms with Crippen molar-refractivity contribution in [2.75, 3.05) is 0 Å². The summed E-state index contributed by atoms with van der Waals surface area (Å²) in [6.45, 7) is 5.69. The molecule has 14 heavy (non-hydrogen) atoms. The van der Waals surface area contributed by atoms with E-state index in [0.717, 1.165) is 6.07 Å². The van der Waals surface area contributed by atoms with E-state index in [1.165, 1.54) is 6.07 Å². The fourth-order valence-electron chi connectivity index (χ4n) is 1.22. The van der Waals surface area contributed by atoms with E-state index in [4.69, 9.17) is 0 Å². The van der Waals surface area contributed by atoms with Crippen molar-refractivity contribution in [2.24, 2.45) is 0 Å². The molecule has 0 bridgehead atoms. The fourth-order valence-corrected chi connectivity index (χ4v) is 1.22. The average molecular weight is 198 g/mol. The van der Waals surface area contributed by atoms with Crippen LogP contribution in [0.2, 0.25) is 0 Å². The molecule has 0 aliphatic carbocycles. The van der Waals surface area contributed by atoms with Crippen molar-refractivity contribution < 1.29 is 8.78 Å². The highest BCUT2D eigenvalue weighted by atomic mass is 19.1. The highest BCUT2D eigenvalue weighted by molar-refractivity contribution is 5.81. The summed E-state index contributed by atoms with van der Waals surface area (Å²) < 4.78 is 25.7. The number of nitrogens with zero attached hydrogens (tertiary/aromatic N) is 1. The molecule has 2 nitrogen and oxygen atoms in total. The van der Waals surface area contributed by atoms with Crippen LogP contribution in [0.3, 0.4) is 0 Å². The first-order chi connectivity index (χ1) is 6.68. The minimum Gasteiger partial charge on any atom is -0.282 e. The summed E-state index contributed by atoms with van der Waals surface area (Å²) in [6, 6.07) is 2.05. The largest absolute Gasteiger partial charge is 0.282 e. The van der Waals surface area contributed by atoms with Crippen LogP contribution in [-0.4, -0.2) is 10.2 Å². The standard InChI is InChI=1S/C8H6F2N2.C2H6/c1-4-8-6(10)2-5(9)3-7(8)12-11-4;1-2/h2-3H,1H3,(H,11,12);1-2H3. The highest BCUT2D eigenvalue weighted by Crippen LogP contribution is 2.19. The van der Waals surface area contributed by atoms with E-state index in [2.05, 4.69) is 10.2 Å². The topological polar surface area (TPSA) is 28.7 Å². The Balaban J connectivity index is 0.000000461. The number of hydrogen-bond acceptors (Lipinski definition) is 1. The van der Waals surface area contributed by atoms with Gasteiger partial charge < -0.3 is 0 Å². The Morgan fingerprint density at radius 2 is 1.86 bits per heavy atom. The zero-order valence-corrected chi connectivity index (χ0v) is 8.36. The molecule has 76 valence electrons. The zero-order valence-electron chi connectivity index (χ0n) is 8.36. The monoisotopic (exact) mass is 198 g/mol. The number of fused-ring (bicyclic) bond motifs is 1. The van der Waals surface area contributed by atoms with Gasteiger partial charge in [0.1, 0.15) is 11.6 Å². The number of rotatable bonds is 0. The van der Waals surface area contributed by atoms with Crippen LogP contribution in [0.4, 0.5) is 8.78 Å². The lowest BCUT2D eigenvalue weighted by molar-refractivity contribution is 0.592.